The van der Waals surface area contributed by atoms with Crippen molar-refractivity contribution in [2.24, 2.45) is 0 Å². The molecule has 0 aliphatic carbocycles. The topological polar surface area (TPSA) is 95.2 Å². The second-order valence-corrected chi connectivity index (χ2v) is 6.21. The molecule has 3 rings (SSSR count). The van der Waals surface area contributed by atoms with Crippen LogP contribution < -0.4 is 20.5 Å². The number of nitrogens with zero attached hydrogens (tertiary/aromatic N) is 3. The molecule has 0 bridgehead atoms. The number of nitrogens with one attached hydrogen (secondary N) is 1. The molecule has 124 valence electrons. The van der Waals surface area contributed by atoms with Crippen LogP contribution in [-0.2, 0) is 0 Å². The van der Waals surface area contributed by atoms with Crippen LogP contribution in [-0.4, -0.2) is 22.1 Å². The van der Waals surface area contributed by atoms with E-state index in [-0.39, 0.29) is 5.88 Å². The lowest BCUT2D eigenvalue weighted by atomic mass is 10.3. The molecule has 2 heterocycles. The minimum atomic E-state index is 0.280. The Labute approximate surface area is 143 Å². The van der Waals surface area contributed by atoms with Crippen molar-refractivity contribution >= 4 is 28.0 Å². The van der Waals surface area contributed by atoms with Crippen LogP contribution in [0.5, 0.6) is 17.4 Å². The molecule has 0 atom stereocenters. The van der Waals surface area contributed by atoms with Crippen LogP contribution in [0, 0.1) is 13.8 Å². The van der Waals surface area contributed by atoms with Gasteiger partial charge < -0.3 is 20.5 Å². The van der Waals surface area contributed by atoms with Crippen molar-refractivity contribution in [2.45, 2.75) is 13.8 Å². The fourth-order valence-corrected chi connectivity index (χ4v) is 2.76. The smallest absolute Gasteiger partial charge is 0.248 e. The SMILES string of the molecule is COc1ccc(Oc2ncnc(Nc3nc(C)c(C)s3)c2N)cc1. The van der Waals surface area contributed by atoms with Gasteiger partial charge in [-0.3, -0.25) is 0 Å². The maximum Gasteiger partial charge on any atom is 0.248 e. The molecule has 0 unspecified atom stereocenters. The number of thiazole rings is 1. The number of ether oxygens (including phenoxy) is 2. The summed E-state index contributed by atoms with van der Waals surface area (Å²) in [7, 11) is 1.61. The van der Waals surface area contributed by atoms with Crippen LogP contribution in [0.2, 0.25) is 0 Å². The second kappa shape index (κ2) is 6.71. The highest BCUT2D eigenvalue weighted by atomic mass is 32.1. The van der Waals surface area contributed by atoms with E-state index in [1.165, 1.54) is 17.7 Å². The molecule has 7 nitrogen and oxygen atoms in total. The molecule has 0 aliphatic rings. The predicted molar refractivity (Wildman–Crippen MR) is 94.4 cm³/mol. The third-order valence-electron chi connectivity index (χ3n) is 3.38. The van der Waals surface area contributed by atoms with E-state index < -0.39 is 0 Å². The zero-order valence-electron chi connectivity index (χ0n) is 13.5. The first-order chi connectivity index (χ1) is 11.6. The van der Waals surface area contributed by atoms with Gasteiger partial charge in [0.2, 0.25) is 5.88 Å². The van der Waals surface area contributed by atoms with E-state index in [0.717, 1.165) is 21.5 Å². The van der Waals surface area contributed by atoms with Gasteiger partial charge in [-0.25, -0.2) is 9.97 Å². The molecule has 3 N–H and O–H groups in total. The largest absolute Gasteiger partial charge is 0.497 e. The Balaban J connectivity index is 1.81. The summed E-state index contributed by atoms with van der Waals surface area (Å²) < 4.78 is 10.8. The number of aromatic nitrogens is 3. The van der Waals surface area contributed by atoms with Gasteiger partial charge in [-0.15, -0.1) is 11.3 Å². The molecule has 8 heteroatoms. The van der Waals surface area contributed by atoms with Crippen molar-refractivity contribution in [3.8, 4) is 17.4 Å². The Hall–Kier alpha value is -2.87. The summed E-state index contributed by atoms with van der Waals surface area (Å²) in [6, 6.07) is 7.15. The Morgan fingerprint density at radius 2 is 1.79 bits per heavy atom. The van der Waals surface area contributed by atoms with Crippen molar-refractivity contribution in [2.75, 3.05) is 18.2 Å². The zero-order valence-corrected chi connectivity index (χ0v) is 14.3. The summed E-state index contributed by atoms with van der Waals surface area (Å²) >= 11 is 1.54. The average Bonchev–Trinajstić information content (AvgIpc) is 2.90. The fourth-order valence-electron chi connectivity index (χ4n) is 1.94. The maximum absolute atomic E-state index is 6.12. The first-order valence-electron chi connectivity index (χ1n) is 7.20. The molecule has 1 aromatic carbocycles. The predicted octanol–water partition coefficient (Wildman–Crippen LogP) is 3.68. The third-order valence-corrected chi connectivity index (χ3v) is 4.36. The van der Waals surface area contributed by atoms with E-state index in [1.807, 2.05) is 13.8 Å². The molecule has 0 saturated carbocycles. The summed E-state index contributed by atoms with van der Waals surface area (Å²) in [4.78, 5) is 13.8. The fraction of sp³-hybridized carbons (Fsp3) is 0.188. The van der Waals surface area contributed by atoms with Crippen LogP contribution in [0.4, 0.5) is 16.6 Å². The number of hydrogen-bond donors (Lipinski definition) is 2. The molecule has 0 saturated heterocycles. The molecule has 2 aromatic heterocycles. The summed E-state index contributed by atoms with van der Waals surface area (Å²) in [5.74, 6) is 2.09. The minimum absolute atomic E-state index is 0.280. The lowest BCUT2D eigenvalue weighted by Crippen LogP contribution is -2.03. The van der Waals surface area contributed by atoms with Crippen LogP contribution in [0.1, 0.15) is 10.6 Å². The zero-order chi connectivity index (χ0) is 17.1. The molecule has 0 amide bonds. The van der Waals surface area contributed by atoms with Crippen LogP contribution in [0.3, 0.4) is 0 Å². The van der Waals surface area contributed by atoms with Crippen molar-refractivity contribution < 1.29 is 9.47 Å². The minimum Gasteiger partial charge on any atom is -0.497 e. The molecule has 0 fully saturated rings. The summed E-state index contributed by atoms with van der Waals surface area (Å²) in [5, 5.41) is 3.84. The van der Waals surface area contributed by atoms with E-state index >= 15 is 0 Å². The third kappa shape index (κ3) is 3.38. The van der Waals surface area contributed by atoms with Crippen molar-refractivity contribution in [3.63, 3.8) is 0 Å². The summed E-state index contributed by atoms with van der Waals surface area (Å²) in [6.07, 6.45) is 1.39. The first kappa shape index (κ1) is 16.0. The molecule has 3 aromatic rings. The number of benzene rings is 1. The van der Waals surface area contributed by atoms with E-state index in [0.29, 0.717) is 17.3 Å². The monoisotopic (exact) mass is 343 g/mol. The van der Waals surface area contributed by atoms with Gasteiger partial charge in [0.05, 0.1) is 12.8 Å². The van der Waals surface area contributed by atoms with E-state index in [4.69, 9.17) is 15.2 Å². The Bertz CT molecular complexity index is 829. The van der Waals surface area contributed by atoms with Gasteiger partial charge in [0.15, 0.2) is 10.9 Å². The van der Waals surface area contributed by atoms with E-state index in [9.17, 15) is 0 Å². The number of aryl methyl sites for hydroxylation is 2. The van der Waals surface area contributed by atoms with Gasteiger partial charge >= 0.3 is 0 Å². The normalized spacial score (nSPS) is 10.5. The number of rotatable bonds is 5. The first-order valence-corrected chi connectivity index (χ1v) is 8.02. The van der Waals surface area contributed by atoms with Gasteiger partial charge in [-0.05, 0) is 38.1 Å². The van der Waals surface area contributed by atoms with Crippen molar-refractivity contribution in [1.29, 1.82) is 0 Å². The highest BCUT2D eigenvalue weighted by Crippen LogP contribution is 2.32. The maximum atomic E-state index is 6.12. The van der Waals surface area contributed by atoms with Gasteiger partial charge in [-0.1, -0.05) is 0 Å². The number of nitrogens with two attached hydrogens (primary N) is 1. The van der Waals surface area contributed by atoms with E-state index in [2.05, 4.69) is 20.3 Å². The van der Waals surface area contributed by atoms with Crippen LogP contribution in [0.25, 0.3) is 0 Å². The molecule has 24 heavy (non-hydrogen) atoms. The van der Waals surface area contributed by atoms with Crippen LogP contribution in [0.15, 0.2) is 30.6 Å². The van der Waals surface area contributed by atoms with Gasteiger partial charge in [0, 0.05) is 4.88 Å². The van der Waals surface area contributed by atoms with Gasteiger partial charge in [0.25, 0.3) is 0 Å². The average molecular weight is 343 g/mol. The Morgan fingerprint density at radius 1 is 1.08 bits per heavy atom. The molecular weight excluding hydrogens is 326 g/mol. The summed E-state index contributed by atoms with van der Waals surface area (Å²) in [6.45, 7) is 3.97. The molecule has 0 radical (unpaired) electrons. The number of anilines is 3. The number of methoxy groups -OCH3 is 1. The van der Waals surface area contributed by atoms with Crippen molar-refractivity contribution in [1.82, 2.24) is 15.0 Å². The molecular formula is C16H17N5O2S. The Morgan fingerprint density at radius 3 is 2.42 bits per heavy atom. The second-order valence-electron chi connectivity index (χ2n) is 5.00. The van der Waals surface area contributed by atoms with Crippen molar-refractivity contribution in [3.05, 3.63) is 41.2 Å². The highest BCUT2D eigenvalue weighted by Gasteiger charge is 2.12. The lowest BCUT2D eigenvalue weighted by molar-refractivity contribution is 0.412. The van der Waals surface area contributed by atoms with Gasteiger partial charge in [0.1, 0.15) is 23.5 Å². The number of hydrogen-bond acceptors (Lipinski definition) is 8. The summed E-state index contributed by atoms with van der Waals surface area (Å²) in [5.41, 5.74) is 7.41. The van der Waals surface area contributed by atoms with E-state index in [1.54, 1.807) is 31.4 Å². The highest BCUT2D eigenvalue weighted by molar-refractivity contribution is 7.15. The Kier molecular flexibility index (Phi) is 4.48. The molecule has 0 aliphatic heterocycles. The lowest BCUT2D eigenvalue weighted by Gasteiger charge is -2.10. The van der Waals surface area contributed by atoms with Crippen LogP contribution >= 0.6 is 11.3 Å². The van der Waals surface area contributed by atoms with Gasteiger partial charge in [-0.2, -0.15) is 4.98 Å². The molecule has 0 spiro atoms. The standard InChI is InChI=1S/C16H17N5O2S/c1-9-10(2)24-16(20-9)21-14-13(17)15(19-8-18-14)23-12-6-4-11(22-3)5-7-12/h4-8H,17H2,1-3H3,(H,18,19,20,21). The quantitative estimate of drug-likeness (QED) is 0.729. The number of nitrogen functional groups attached to an aromatic ring is 1.